The van der Waals surface area contributed by atoms with E-state index >= 15 is 0 Å². The summed E-state index contributed by atoms with van der Waals surface area (Å²) in [6, 6.07) is 0. The zero-order valence-electron chi connectivity index (χ0n) is 8.69. The van der Waals surface area contributed by atoms with Crippen molar-refractivity contribution in [2.45, 2.75) is 19.1 Å². The van der Waals surface area contributed by atoms with Gasteiger partial charge in [0, 0.05) is 6.54 Å². The molecule has 1 atom stereocenters. The number of likely N-dealkylation sites (N-methyl/N-ethyl adjacent to an activating group) is 1. The molecule has 14 heavy (non-hydrogen) atoms. The van der Waals surface area contributed by atoms with Crippen molar-refractivity contribution in [2.75, 3.05) is 20.6 Å². The summed E-state index contributed by atoms with van der Waals surface area (Å²) in [5, 5.41) is 15.8. The summed E-state index contributed by atoms with van der Waals surface area (Å²) >= 11 is 0. The predicted molar refractivity (Wildman–Crippen MR) is 52.0 cm³/mol. The van der Waals surface area contributed by atoms with Crippen LogP contribution in [-0.4, -0.2) is 51.0 Å². The van der Waals surface area contributed by atoms with Gasteiger partial charge in [-0.1, -0.05) is 0 Å². The molecule has 0 aliphatic carbocycles. The Balaban J connectivity index is 2.68. The average Bonchev–Trinajstić information content (AvgIpc) is 2.32. The molecule has 0 saturated carbocycles. The molecule has 0 amide bonds. The fourth-order valence-corrected chi connectivity index (χ4v) is 1.48. The molecule has 0 spiro atoms. The topological polar surface area (TPSA) is 74.2 Å². The molecule has 0 bridgehead atoms. The maximum atomic E-state index is 11.1. The Labute approximate surface area is 82.2 Å². The normalized spacial score (nSPS) is 15.8. The Hall–Kier alpha value is -1.14. The van der Waals surface area contributed by atoms with E-state index < -0.39 is 5.60 Å². The van der Waals surface area contributed by atoms with Crippen LogP contribution >= 0.6 is 0 Å². The molecule has 0 saturated heterocycles. The Morgan fingerprint density at radius 2 is 2.36 bits per heavy atom. The lowest BCUT2D eigenvalue weighted by Gasteiger charge is -2.26. The molecule has 0 aliphatic heterocycles. The van der Waals surface area contributed by atoms with Gasteiger partial charge in [0.2, 0.25) is 0 Å². The van der Waals surface area contributed by atoms with E-state index in [0.717, 1.165) is 0 Å². The van der Waals surface area contributed by atoms with Crippen LogP contribution in [0.25, 0.3) is 0 Å². The molecule has 1 rings (SSSR count). The van der Waals surface area contributed by atoms with E-state index in [2.05, 4.69) is 10.2 Å². The van der Waals surface area contributed by atoms with Crippen LogP contribution in [0.5, 0.6) is 0 Å². The number of rotatable bonds is 4. The van der Waals surface area contributed by atoms with Crippen molar-refractivity contribution in [3.8, 4) is 0 Å². The van der Waals surface area contributed by atoms with Gasteiger partial charge in [0.15, 0.2) is 0 Å². The molecule has 1 heterocycles. The van der Waals surface area contributed by atoms with E-state index in [4.69, 9.17) is 0 Å². The number of hydrogen-bond donors (Lipinski definition) is 2. The highest BCUT2D eigenvalue weighted by atomic mass is 16.3. The lowest BCUT2D eigenvalue weighted by atomic mass is 10.1. The number of hydrogen-bond acceptors (Lipinski definition) is 4. The third-order valence-corrected chi connectivity index (χ3v) is 1.79. The molecule has 1 aromatic rings. The Bertz CT molecular complexity index is 339. The van der Waals surface area contributed by atoms with Gasteiger partial charge in [-0.05, 0) is 21.0 Å². The monoisotopic (exact) mass is 200 g/mol. The summed E-state index contributed by atoms with van der Waals surface area (Å²) in [6.45, 7) is 2.41. The molecular formula is C8H16N4O2. The van der Waals surface area contributed by atoms with Crippen LogP contribution in [0.3, 0.4) is 0 Å². The molecule has 1 unspecified atom stereocenters. The van der Waals surface area contributed by atoms with E-state index in [9.17, 15) is 9.90 Å². The minimum Gasteiger partial charge on any atom is -0.387 e. The van der Waals surface area contributed by atoms with Crippen molar-refractivity contribution in [3.63, 3.8) is 0 Å². The average molecular weight is 200 g/mol. The maximum Gasteiger partial charge on any atom is 0.343 e. The highest BCUT2D eigenvalue weighted by Crippen LogP contribution is 2.06. The van der Waals surface area contributed by atoms with E-state index in [1.54, 1.807) is 6.92 Å². The number of aromatic amines is 1. The van der Waals surface area contributed by atoms with Gasteiger partial charge >= 0.3 is 5.69 Å². The summed E-state index contributed by atoms with van der Waals surface area (Å²) in [5.74, 6) is 0. The van der Waals surface area contributed by atoms with Crippen molar-refractivity contribution in [3.05, 3.63) is 16.8 Å². The number of nitrogens with one attached hydrogen (secondary N) is 1. The summed E-state index contributed by atoms with van der Waals surface area (Å²) in [7, 11) is 3.74. The number of aliphatic hydroxyl groups is 1. The third kappa shape index (κ3) is 2.97. The smallest absolute Gasteiger partial charge is 0.343 e. The lowest BCUT2D eigenvalue weighted by Crippen LogP contribution is -2.42. The summed E-state index contributed by atoms with van der Waals surface area (Å²) in [5.41, 5.74) is -1.24. The molecular weight excluding hydrogens is 184 g/mol. The maximum absolute atomic E-state index is 11.1. The quantitative estimate of drug-likeness (QED) is 0.646. The Kier molecular flexibility index (Phi) is 3.07. The highest BCUT2D eigenvalue weighted by Gasteiger charge is 2.22. The van der Waals surface area contributed by atoms with Crippen molar-refractivity contribution in [2.24, 2.45) is 0 Å². The van der Waals surface area contributed by atoms with Gasteiger partial charge < -0.3 is 10.0 Å². The van der Waals surface area contributed by atoms with E-state index in [0.29, 0.717) is 6.54 Å². The van der Waals surface area contributed by atoms with Gasteiger partial charge in [-0.25, -0.2) is 9.89 Å². The fraction of sp³-hybridized carbons (Fsp3) is 0.750. The summed E-state index contributed by atoms with van der Waals surface area (Å²) in [6.07, 6.45) is 1.38. The van der Waals surface area contributed by atoms with Crippen LogP contribution in [-0.2, 0) is 6.54 Å². The standard InChI is InChI=1S/C8H16N4O2/c1-8(14,4-11(2)3)5-12-6-9-10-7(12)13/h6,14H,4-5H2,1-3H3,(H,10,13). The van der Waals surface area contributed by atoms with Crippen LogP contribution in [0.4, 0.5) is 0 Å². The summed E-state index contributed by atoms with van der Waals surface area (Å²) in [4.78, 5) is 13.0. The van der Waals surface area contributed by atoms with E-state index in [-0.39, 0.29) is 12.2 Å². The molecule has 6 nitrogen and oxygen atoms in total. The molecule has 80 valence electrons. The van der Waals surface area contributed by atoms with Crippen LogP contribution in [0.1, 0.15) is 6.92 Å². The van der Waals surface area contributed by atoms with Gasteiger partial charge in [-0.2, -0.15) is 5.10 Å². The van der Waals surface area contributed by atoms with Gasteiger partial charge in [-0.3, -0.25) is 4.57 Å². The fourth-order valence-electron chi connectivity index (χ4n) is 1.48. The van der Waals surface area contributed by atoms with Crippen molar-refractivity contribution < 1.29 is 5.11 Å². The zero-order chi connectivity index (χ0) is 10.8. The van der Waals surface area contributed by atoms with Crippen LogP contribution < -0.4 is 5.69 Å². The van der Waals surface area contributed by atoms with Crippen molar-refractivity contribution >= 4 is 0 Å². The van der Waals surface area contributed by atoms with E-state index in [1.807, 2.05) is 19.0 Å². The first kappa shape index (κ1) is 10.9. The van der Waals surface area contributed by atoms with Crippen molar-refractivity contribution in [1.82, 2.24) is 19.7 Å². The van der Waals surface area contributed by atoms with E-state index in [1.165, 1.54) is 10.9 Å². The van der Waals surface area contributed by atoms with Crippen molar-refractivity contribution in [1.29, 1.82) is 0 Å². The van der Waals surface area contributed by atoms with Gasteiger partial charge in [0.05, 0.1) is 12.1 Å². The molecule has 0 aliphatic rings. The SMILES string of the molecule is CN(C)CC(C)(O)Cn1cn[nH]c1=O. The molecule has 0 radical (unpaired) electrons. The summed E-state index contributed by atoms with van der Waals surface area (Å²) < 4.78 is 1.35. The Morgan fingerprint density at radius 3 is 2.79 bits per heavy atom. The second-order valence-electron chi connectivity index (χ2n) is 4.02. The predicted octanol–water partition coefficient (Wildman–Crippen LogP) is -1.12. The molecule has 6 heteroatoms. The Morgan fingerprint density at radius 1 is 1.71 bits per heavy atom. The van der Waals surface area contributed by atoms with Crippen LogP contribution in [0.2, 0.25) is 0 Å². The van der Waals surface area contributed by atoms with Gasteiger partial charge in [-0.15, -0.1) is 0 Å². The first-order valence-corrected chi connectivity index (χ1v) is 4.38. The first-order chi connectivity index (χ1) is 6.41. The van der Waals surface area contributed by atoms with Crippen LogP contribution in [0, 0.1) is 0 Å². The zero-order valence-corrected chi connectivity index (χ0v) is 8.69. The van der Waals surface area contributed by atoms with Crippen LogP contribution in [0.15, 0.2) is 11.1 Å². The highest BCUT2D eigenvalue weighted by molar-refractivity contribution is 4.78. The molecule has 0 aromatic carbocycles. The number of nitrogens with zero attached hydrogens (tertiary/aromatic N) is 3. The lowest BCUT2D eigenvalue weighted by molar-refractivity contribution is 0.0168. The number of H-pyrrole nitrogens is 1. The molecule has 2 N–H and O–H groups in total. The first-order valence-electron chi connectivity index (χ1n) is 4.38. The second kappa shape index (κ2) is 3.93. The van der Waals surface area contributed by atoms with Gasteiger partial charge in [0.1, 0.15) is 6.33 Å². The largest absolute Gasteiger partial charge is 0.387 e. The van der Waals surface area contributed by atoms with Gasteiger partial charge in [0.25, 0.3) is 0 Å². The molecule has 1 aromatic heterocycles. The minimum atomic E-state index is -0.933. The number of aromatic nitrogens is 3. The third-order valence-electron chi connectivity index (χ3n) is 1.79. The minimum absolute atomic E-state index is 0.237. The second-order valence-corrected chi connectivity index (χ2v) is 4.02. The molecule has 0 fully saturated rings.